The Morgan fingerprint density at radius 2 is 2.11 bits per heavy atom. The number of hydrogen-bond donors (Lipinski definition) is 0. The zero-order valence-electron chi connectivity index (χ0n) is 16.7. The van der Waals surface area contributed by atoms with Crippen LogP contribution in [0.3, 0.4) is 0 Å². The highest BCUT2D eigenvalue weighted by Crippen LogP contribution is 2.47. The summed E-state index contributed by atoms with van der Waals surface area (Å²) in [6.07, 6.45) is 7.55. The van der Waals surface area contributed by atoms with Crippen LogP contribution in [0.2, 0.25) is 0 Å². The summed E-state index contributed by atoms with van der Waals surface area (Å²) in [4.78, 5) is 19.7. The van der Waals surface area contributed by atoms with E-state index in [9.17, 15) is 4.79 Å². The van der Waals surface area contributed by atoms with Crippen LogP contribution in [0.5, 0.6) is 0 Å². The molecule has 0 bridgehead atoms. The Morgan fingerprint density at radius 1 is 1.33 bits per heavy atom. The lowest BCUT2D eigenvalue weighted by atomic mass is 10.0. The maximum atomic E-state index is 12.9. The van der Waals surface area contributed by atoms with Gasteiger partial charge in [0.1, 0.15) is 5.69 Å². The summed E-state index contributed by atoms with van der Waals surface area (Å²) in [5.74, 6) is 2.09. The molecule has 2 saturated carbocycles. The highest BCUT2D eigenvalue weighted by atomic mass is 16.2. The third kappa shape index (κ3) is 2.80. The molecule has 6 heteroatoms. The Bertz CT molecular complexity index is 900. The lowest BCUT2D eigenvalue weighted by Gasteiger charge is -2.30. The number of amides is 1. The molecule has 0 saturated heterocycles. The smallest absolute Gasteiger partial charge is 0.228 e. The Kier molecular flexibility index (Phi) is 3.75. The van der Waals surface area contributed by atoms with Crippen molar-refractivity contribution in [3.05, 3.63) is 23.1 Å². The van der Waals surface area contributed by atoms with Gasteiger partial charge in [0, 0.05) is 61.2 Å². The molecule has 0 spiro atoms. The van der Waals surface area contributed by atoms with Crippen molar-refractivity contribution in [2.24, 2.45) is 11.3 Å². The van der Waals surface area contributed by atoms with E-state index in [1.54, 1.807) is 0 Å². The Balaban J connectivity index is 1.53. The summed E-state index contributed by atoms with van der Waals surface area (Å²) in [5.41, 5.74) is 4.57. The third-order valence-corrected chi connectivity index (χ3v) is 6.64. The average Bonchev–Trinajstić information content (AvgIpc) is 3.57. The van der Waals surface area contributed by atoms with Crippen LogP contribution in [0.1, 0.15) is 56.5 Å². The van der Waals surface area contributed by atoms with Crippen LogP contribution in [0.15, 0.2) is 6.20 Å². The van der Waals surface area contributed by atoms with Crippen molar-refractivity contribution in [3.63, 3.8) is 0 Å². The van der Waals surface area contributed by atoms with Crippen LogP contribution in [0.25, 0.3) is 11.5 Å². The predicted octanol–water partition coefficient (Wildman–Crippen LogP) is 3.17. The van der Waals surface area contributed by atoms with Gasteiger partial charge >= 0.3 is 0 Å². The van der Waals surface area contributed by atoms with Gasteiger partial charge in [0.15, 0.2) is 5.82 Å². The van der Waals surface area contributed by atoms with Gasteiger partial charge in [-0.1, -0.05) is 6.92 Å². The standard InChI is InChI=1S/C21H29N5O/c1-4-26-17-7-10-24(20(27)21(3)8-9-21)13-16(17)18(23-26)19-22-11-14(2)25(19)12-15-5-6-15/h11,15H,4-10,12-13H2,1-3H3. The molecule has 2 aromatic heterocycles. The fraction of sp³-hybridized carbons (Fsp3) is 0.667. The van der Waals surface area contributed by atoms with Crippen molar-refractivity contribution in [2.75, 3.05) is 6.54 Å². The molecule has 144 valence electrons. The van der Waals surface area contributed by atoms with E-state index < -0.39 is 0 Å². The quantitative estimate of drug-likeness (QED) is 0.816. The lowest BCUT2D eigenvalue weighted by molar-refractivity contribution is -0.137. The molecule has 0 unspecified atom stereocenters. The molecule has 0 aromatic carbocycles. The molecule has 2 fully saturated rings. The number of carbonyl (C=O) groups is 1. The fourth-order valence-corrected chi connectivity index (χ4v) is 4.33. The van der Waals surface area contributed by atoms with Crippen LogP contribution >= 0.6 is 0 Å². The first-order chi connectivity index (χ1) is 13.0. The SMILES string of the molecule is CCn1nc(-c2ncc(C)n2CC2CC2)c2c1CCN(C(=O)C1(C)CC1)C2. The summed E-state index contributed by atoms with van der Waals surface area (Å²) in [5, 5.41) is 4.95. The first-order valence-corrected chi connectivity index (χ1v) is 10.4. The molecule has 2 aliphatic carbocycles. The summed E-state index contributed by atoms with van der Waals surface area (Å²) in [7, 11) is 0. The van der Waals surface area contributed by atoms with Crippen LogP contribution in [-0.2, 0) is 30.8 Å². The van der Waals surface area contributed by atoms with Crippen LogP contribution in [0.4, 0.5) is 0 Å². The van der Waals surface area contributed by atoms with Gasteiger partial charge in [-0.3, -0.25) is 9.48 Å². The summed E-state index contributed by atoms with van der Waals surface area (Å²) in [6, 6.07) is 0. The van der Waals surface area contributed by atoms with E-state index >= 15 is 0 Å². The minimum atomic E-state index is -0.112. The van der Waals surface area contributed by atoms with Gasteiger partial charge in [-0.05, 0) is 45.4 Å². The number of carbonyl (C=O) groups excluding carboxylic acids is 1. The van der Waals surface area contributed by atoms with Gasteiger partial charge in [0.25, 0.3) is 0 Å². The number of aromatic nitrogens is 4. The first kappa shape index (κ1) is 17.0. The Morgan fingerprint density at radius 3 is 2.78 bits per heavy atom. The second-order valence-corrected chi connectivity index (χ2v) is 8.90. The molecular weight excluding hydrogens is 338 g/mol. The van der Waals surface area contributed by atoms with Crippen molar-refractivity contribution in [2.45, 2.75) is 72.5 Å². The van der Waals surface area contributed by atoms with Gasteiger partial charge in [-0.25, -0.2) is 4.98 Å². The molecular formula is C21H29N5O. The highest BCUT2D eigenvalue weighted by molar-refractivity contribution is 5.85. The molecule has 0 N–H and O–H groups in total. The lowest BCUT2D eigenvalue weighted by Crippen LogP contribution is -2.40. The van der Waals surface area contributed by atoms with Gasteiger partial charge in [0.05, 0.1) is 0 Å². The van der Waals surface area contributed by atoms with E-state index in [-0.39, 0.29) is 5.41 Å². The van der Waals surface area contributed by atoms with E-state index in [2.05, 4.69) is 34.9 Å². The molecule has 27 heavy (non-hydrogen) atoms. The monoisotopic (exact) mass is 367 g/mol. The summed E-state index contributed by atoms with van der Waals surface area (Å²) >= 11 is 0. The van der Waals surface area contributed by atoms with Gasteiger partial charge in [-0.2, -0.15) is 5.10 Å². The second-order valence-electron chi connectivity index (χ2n) is 8.90. The van der Waals surface area contributed by atoms with Crippen molar-refractivity contribution in [1.82, 2.24) is 24.2 Å². The molecule has 1 aliphatic heterocycles. The van der Waals surface area contributed by atoms with Crippen molar-refractivity contribution >= 4 is 5.91 Å². The van der Waals surface area contributed by atoms with E-state index in [0.29, 0.717) is 12.5 Å². The zero-order valence-corrected chi connectivity index (χ0v) is 16.7. The second kappa shape index (κ2) is 5.94. The van der Waals surface area contributed by atoms with Gasteiger partial charge in [0.2, 0.25) is 5.91 Å². The summed E-state index contributed by atoms with van der Waals surface area (Å²) < 4.78 is 4.46. The van der Waals surface area contributed by atoms with Crippen molar-refractivity contribution < 1.29 is 4.79 Å². The predicted molar refractivity (Wildman–Crippen MR) is 103 cm³/mol. The molecule has 3 aliphatic rings. The summed E-state index contributed by atoms with van der Waals surface area (Å²) in [6.45, 7) is 9.75. The Hall–Kier alpha value is -2.11. The Labute approximate surface area is 160 Å². The van der Waals surface area contributed by atoms with Crippen LogP contribution in [0, 0.1) is 18.3 Å². The van der Waals surface area contributed by atoms with Crippen molar-refractivity contribution in [1.29, 1.82) is 0 Å². The van der Waals surface area contributed by atoms with E-state index in [1.807, 2.05) is 6.20 Å². The van der Waals surface area contributed by atoms with Crippen LogP contribution < -0.4 is 0 Å². The largest absolute Gasteiger partial charge is 0.337 e. The minimum Gasteiger partial charge on any atom is -0.337 e. The van der Waals surface area contributed by atoms with Crippen molar-refractivity contribution in [3.8, 4) is 11.5 Å². The zero-order chi connectivity index (χ0) is 18.8. The highest BCUT2D eigenvalue weighted by Gasteiger charge is 2.48. The molecule has 0 radical (unpaired) electrons. The minimum absolute atomic E-state index is 0.112. The number of hydrogen-bond acceptors (Lipinski definition) is 3. The molecule has 0 atom stereocenters. The maximum Gasteiger partial charge on any atom is 0.228 e. The molecule has 1 amide bonds. The average molecular weight is 367 g/mol. The van der Waals surface area contributed by atoms with Gasteiger partial charge < -0.3 is 9.47 Å². The molecule has 6 nitrogen and oxygen atoms in total. The van der Waals surface area contributed by atoms with E-state index in [4.69, 9.17) is 10.1 Å². The number of nitrogens with zero attached hydrogens (tertiary/aromatic N) is 5. The van der Waals surface area contributed by atoms with E-state index in [1.165, 1.54) is 29.8 Å². The topological polar surface area (TPSA) is 56.0 Å². The van der Waals surface area contributed by atoms with Gasteiger partial charge in [-0.15, -0.1) is 0 Å². The third-order valence-electron chi connectivity index (χ3n) is 6.64. The van der Waals surface area contributed by atoms with Crippen LogP contribution in [-0.4, -0.2) is 36.7 Å². The fourth-order valence-electron chi connectivity index (χ4n) is 4.33. The maximum absolute atomic E-state index is 12.9. The first-order valence-electron chi connectivity index (χ1n) is 10.4. The number of imidazole rings is 1. The molecule has 3 heterocycles. The number of aryl methyl sites for hydroxylation is 2. The molecule has 2 aromatic rings. The number of fused-ring (bicyclic) bond motifs is 1. The normalized spacial score (nSPS) is 20.6. The van der Waals surface area contributed by atoms with E-state index in [0.717, 1.165) is 56.3 Å². The number of rotatable bonds is 5. The molecule has 5 rings (SSSR count).